The maximum absolute atomic E-state index is 10.2. The molecule has 0 bridgehead atoms. The lowest BCUT2D eigenvalue weighted by Crippen LogP contribution is -2.08. The van der Waals surface area contributed by atoms with Crippen LogP contribution in [0.5, 0.6) is 0 Å². The van der Waals surface area contributed by atoms with Gasteiger partial charge in [-0.3, -0.25) is 4.68 Å². The van der Waals surface area contributed by atoms with Crippen LogP contribution in [-0.2, 0) is 13.5 Å². The van der Waals surface area contributed by atoms with Crippen molar-refractivity contribution in [3.8, 4) is 0 Å². The van der Waals surface area contributed by atoms with Gasteiger partial charge in [-0.2, -0.15) is 5.10 Å². The first-order valence-electron chi connectivity index (χ1n) is 5.91. The lowest BCUT2D eigenvalue weighted by atomic mass is 10.1. The third kappa shape index (κ3) is 2.10. The number of aliphatic hydroxyl groups is 1. The van der Waals surface area contributed by atoms with Gasteiger partial charge in [0.25, 0.3) is 0 Å². The molecule has 0 spiro atoms. The van der Waals surface area contributed by atoms with Crippen molar-refractivity contribution < 1.29 is 5.11 Å². The Morgan fingerprint density at radius 2 is 2.29 bits per heavy atom. The summed E-state index contributed by atoms with van der Waals surface area (Å²) >= 11 is 0. The standard InChI is InChI=1S/C12H16N4O/c1-15-7-9(5-14-15)4-12(17)11-6-13-8-16(11)10-2-3-10/h5-8,10,12,17H,2-4H2,1H3. The molecule has 90 valence electrons. The molecule has 17 heavy (non-hydrogen) atoms. The fourth-order valence-corrected chi connectivity index (χ4v) is 2.14. The van der Waals surface area contributed by atoms with Crippen molar-refractivity contribution in [2.24, 2.45) is 7.05 Å². The highest BCUT2D eigenvalue weighted by atomic mass is 16.3. The van der Waals surface area contributed by atoms with E-state index in [0.29, 0.717) is 12.5 Å². The maximum Gasteiger partial charge on any atom is 0.0997 e. The van der Waals surface area contributed by atoms with E-state index in [-0.39, 0.29) is 0 Å². The molecule has 2 aromatic heterocycles. The molecule has 5 heteroatoms. The molecule has 3 rings (SSSR count). The SMILES string of the molecule is Cn1cc(CC(O)c2cncn2C2CC2)cn1. The molecule has 1 unspecified atom stereocenters. The number of aryl methyl sites for hydroxylation is 1. The number of aliphatic hydroxyl groups excluding tert-OH is 1. The van der Waals surface area contributed by atoms with Gasteiger partial charge in [0.15, 0.2) is 0 Å². The Balaban J connectivity index is 1.76. The predicted octanol–water partition coefficient (Wildman–Crippen LogP) is 1.23. The molecule has 1 fully saturated rings. The molecule has 0 aromatic carbocycles. The minimum atomic E-state index is -0.498. The third-order valence-corrected chi connectivity index (χ3v) is 3.17. The highest BCUT2D eigenvalue weighted by Crippen LogP contribution is 2.37. The van der Waals surface area contributed by atoms with Crippen LogP contribution in [0, 0.1) is 0 Å². The zero-order valence-electron chi connectivity index (χ0n) is 9.82. The van der Waals surface area contributed by atoms with E-state index in [1.165, 1.54) is 12.8 Å². The number of rotatable bonds is 4. The summed E-state index contributed by atoms with van der Waals surface area (Å²) in [6.45, 7) is 0. The topological polar surface area (TPSA) is 55.9 Å². The van der Waals surface area contributed by atoms with Crippen molar-refractivity contribution in [1.29, 1.82) is 0 Å². The molecule has 0 aliphatic heterocycles. The maximum atomic E-state index is 10.2. The van der Waals surface area contributed by atoms with Crippen molar-refractivity contribution in [2.45, 2.75) is 31.4 Å². The van der Waals surface area contributed by atoms with Crippen LogP contribution in [0.3, 0.4) is 0 Å². The summed E-state index contributed by atoms with van der Waals surface area (Å²) in [6.07, 6.45) is 9.79. The van der Waals surface area contributed by atoms with Gasteiger partial charge in [-0.25, -0.2) is 4.98 Å². The molecule has 0 saturated heterocycles. The quantitative estimate of drug-likeness (QED) is 0.862. The highest BCUT2D eigenvalue weighted by molar-refractivity contribution is 5.13. The second-order valence-electron chi connectivity index (χ2n) is 4.70. The van der Waals surface area contributed by atoms with Gasteiger partial charge in [0, 0.05) is 25.7 Å². The first kappa shape index (κ1) is 10.5. The van der Waals surface area contributed by atoms with E-state index in [1.54, 1.807) is 17.1 Å². The van der Waals surface area contributed by atoms with Crippen molar-refractivity contribution in [3.63, 3.8) is 0 Å². The van der Waals surface area contributed by atoms with Gasteiger partial charge in [-0.15, -0.1) is 0 Å². The van der Waals surface area contributed by atoms with Crippen LogP contribution >= 0.6 is 0 Å². The van der Waals surface area contributed by atoms with Crippen LogP contribution in [0.1, 0.15) is 36.2 Å². The zero-order valence-corrected chi connectivity index (χ0v) is 9.82. The van der Waals surface area contributed by atoms with Crippen molar-refractivity contribution >= 4 is 0 Å². The second-order valence-corrected chi connectivity index (χ2v) is 4.70. The van der Waals surface area contributed by atoms with Gasteiger partial charge in [-0.1, -0.05) is 0 Å². The van der Waals surface area contributed by atoms with Crippen LogP contribution in [-0.4, -0.2) is 24.4 Å². The Kier molecular flexibility index (Phi) is 2.48. The molecule has 0 radical (unpaired) electrons. The fraction of sp³-hybridized carbons (Fsp3) is 0.500. The van der Waals surface area contributed by atoms with Gasteiger partial charge < -0.3 is 9.67 Å². The van der Waals surface area contributed by atoms with E-state index in [0.717, 1.165) is 11.3 Å². The Morgan fingerprint density at radius 1 is 1.47 bits per heavy atom. The van der Waals surface area contributed by atoms with Gasteiger partial charge >= 0.3 is 0 Å². The van der Waals surface area contributed by atoms with E-state index in [2.05, 4.69) is 14.6 Å². The van der Waals surface area contributed by atoms with E-state index in [1.807, 2.05) is 19.6 Å². The first-order valence-corrected chi connectivity index (χ1v) is 5.91. The van der Waals surface area contributed by atoms with Crippen LogP contribution in [0.15, 0.2) is 24.9 Å². The van der Waals surface area contributed by atoms with Crippen molar-refractivity contribution in [1.82, 2.24) is 19.3 Å². The van der Waals surface area contributed by atoms with Gasteiger partial charge in [0.1, 0.15) is 0 Å². The van der Waals surface area contributed by atoms with Crippen LogP contribution in [0.25, 0.3) is 0 Å². The second kappa shape index (κ2) is 4.00. The molecular formula is C12H16N4O. The number of aromatic nitrogens is 4. The van der Waals surface area contributed by atoms with Crippen LogP contribution in [0.4, 0.5) is 0 Å². The average molecular weight is 232 g/mol. The minimum absolute atomic E-state index is 0.498. The molecule has 0 amide bonds. The Labute approximate surface area is 99.7 Å². The van der Waals surface area contributed by atoms with E-state index in [9.17, 15) is 5.11 Å². The summed E-state index contributed by atoms with van der Waals surface area (Å²) in [5, 5.41) is 14.3. The summed E-state index contributed by atoms with van der Waals surface area (Å²) in [5.41, 5.74) is 1.96. The summed E-state index contributed by atoms with van der Waals surface area (Å²) in [5.74, 6) is 0. The Morgan fingerprint density at radius 3 is 2.94 bits per heavy atom. The molecule has 5 nitrogen and oxygen atoms in total. The molecule has 1 N–H and O–H groups in total. The molecule has 1 aliphatic carbocycles. The zero-order chi connectivity index (χ0) is 11.8. The van der Waals surface area contributed by atoms with Gasteiger partial charge in [-0.05, 0) is 18.4 Å². The van der Waals surface area contributed by atoms with Crippen molar-refractivity contribution in [3.05, 3.63) is 36.2 Å². The number of imidazole rings is 1. The van der Waals surface area contributed by atoms with E-state index >= 15 is 0 Å². The molecule has 2 heterocycles. The predicted molar refractivity (Wildman–Crippen MR) is 62.4 cm³/mol. The van der Waals surface area contributed by atoms with Crippen molar-refractivity contribution in [2.75, 3.05) is 0 Å². The summed E-state index contributed by atoms with van der Waals surface area (Å²) in [4.78, 5) is 4.13. The number of hydrogen-bond donors (Lipinski definition) is 1. The van der Waals surface area contributed by atoms with E-state index < -0.39 is 6.10 Å². The molecular weight excluding hydrogens is 216 g/mol. The third-order valence-electron chi connectivity index (χ3n) is 3.17. The average Bonchev–Trinajstić information content (AvgIpc) is 2.88. The summed E-state index contributed by atoms with van der Waals surface area (Å²) in [6, 6.07) is 0.552. The summed E-state index contributed by atoms with van der Waals surface area (Å²) < 4.78 is 3.85. The Bertz CT molecular complexity index is 512. The molecule has 1 saturated carbocycles. The smallest absolute Gasteiger partial charge is 0.0997 e. The minimum Gasteiger partial charge on any atom is -0.386 e. The summed E-state index contributed by atoms with van der Waals surface area (Å²) in [7, 11) is 1.88. The number of nitrogens with zero attached hydrogens (tertiary/aromatic N) is 4. The normalized spacial score (nSPS) is 17.3. The highest BCUT2D eigenvalue weighted by Gasteiger charge is 2.27. The largest absolute Gasteiger partial charge is 0.386 e. The van der Waals surface area contributed by atoms with Gasteiger partial charge in [0.2, 0.25) is 0 Å². The fourth-order valence-electron chi connectivity index (χ4n) is 2.14. The van der Waals surface area contributed by atoms with Crippen LogP contribution in [0.2, 0.25) is 0 Å². The monoisotopic (exact) mass is 232 g/mol. The molecule has 1 aliphatic rings. The number of hydrogen-bond acceptors (Lipinski definition) is 3. The molecule has 2 aromatic rings. The first-order chi connectivity index (χ1) is 8.24. The Hall–Kier alpha value is -1.62. The van der Waals surface area contributed by atoms with Gasteiger partial charge in [0.05, 0.1) is 30.5 Å². The molecule has 1 atom stereocenters. The van der Waals surface area contributed by atoms with E-state index in [4.69, 9.17) is 0 Å². The lowest BCUT2D eigenvalue weighted by molar-refractivity contribution is 0.168. The van der Waals surface area contributed by atoms with Crippen LogP contribution < -0.4 is 0 Å². The lowest BCUT2D eigenvalue weighted by Gasteiger charge is -2.12.